The van der Waals surface area contributed by atoms with E-state index in [0.29, 0.717) is 29.6 Å². The number of halogens is 1. The van der Waals surface area contributed by atoms with E-state index >= 15 is 0 Å². The Morgan fingerprint density at radius 2 is 1.83 bits per heavy atom. The number of benzene rings is 1. The van der Waals surface area contributed by atoms with Gasteiger partial charge in [-0.2, -0.15) is 0 Å². The topological polar surface area (TPSA) is 72.8 Å². The molecule has 1 aliphatic heterocycles. The summed E-state index contributed by atoms with van der Waals surface area (Å²) in [6, 6.07) is 9.15. The largest absolute Gasteiger partial charge is 1.00 e. The predicted octanol–water partition coefficient (Wildman–Crippen LogP) is -0.606. The van der Waals surface area contributed by atoms with E-state index < -0.39 is 11.6 Å². The number of carbonyl (C=O) groups is 2. The minimum Gasteiger partial charge on any atom is -1.00 e. The molecule has 6 nitrogen and oxygen atoms in total. The molecule has 0 aromatic heterocycles. The van der Waals surface area contributed by atoms with E-state index in [1.54, 1.807) is 19.1 Å². The Kier molecular flexibility index (Phi) is 8.26. The van der Waals surface area contributed by atoms with E-state index in [2.05, 4.69) is 0 Å². The van der Waals surface area contributed by atoms with Crippen LogP contribution in [0.25, 0.3) is 0 Å². The maximum atomic E-state index is 13.2. The van der Waals surface area contributed by atoms with Crippen molar-refractivity contribution in [3.05, 3.63) is 35.9 Å². The van der Waals surface area contributed by atoms with Crippen LogP contribution in [0.2, 0.25) is 0 Å². The van der Waals surface area contributed by atoms with Crippen LogP contribution in [0.5, 0.6) is 0 Å². The molecule has 1 N–H and O–H groups in total. The van der Waals surface area contributed by atoms with Gasteiger partial charge < -0.3 is 36.0 Å². The Morgan fingerprint density at radius 3 is 2.45 bits per heavy atom. The second-order valence-corrected chi connectivity index (χ2v) is 8.42. The first-order valence-electron chi connectivity index (χ1n) is 10.4. The highest BCUT2D eigenvalue weighted by molar-refractivity contribution is 5.81. The molecule has 1 aromatic rings. The molecule has 162 valence electrons. The molecule has 7 heteroatoms. The van der Waals surface area contributed by atoms with Gasteiger partial charge in [0.25, 0.3) is 0 Å². The lowest BCUT2D eigenvalue weighted by molar-refractivity contribution is -0.891. The van der Waals surface area contributed by atoms with E-state index in [-0.39, 0.29) is 41.5 Å². The molecule has 2 unspecified atom stereocenters. The molecule has 3 rings (SSSR count). The summed E-state index contributed by atoms with van der Waals surface area (Å²) in [5.74, 6) is -0.909. The quantitative estimate of drug-likeness (QED) is 0.426. The van der Waals surface area contributed by atoms with Gasteiger partial charge in [0.2, 0.25) is 0 Å². The molecule has 29 heavy (non-hydrogen) atoms. The number of esters is 2. The molecule has 2 aliphatic rings. The molecule has 0 bridgehead atoms. The lowest BCUT2D eigenvalue weighted by Gasteiger charge is -2.33. The number of aliphatic hydroxyl groups is 1. The van der Waals surface area contributed by atoms with Crippen molar-refractivity contribution in [2.75, 3.05) is 33.3 Å². The summed E-state index contributed by atoms with van der Waals surface area (Å²) in [5.41, 5.74) is -1.00. The van der Waals surface area contributed by atoms with Crippen molar-refractivity contribution in [2.45, 2.75) is 50.7 Å². The second kappa shape index (κ2) is 10.0. The highest BCUT2D eigenvalue weighted by atomic mass is 79.9. The van der Waals surface area contributed by atoms with Gasteiger partial charge in [0.05, 0.1) is 20.2 Å². The van der Waals surface area contributed by atoms with Crippen LogP contribution in [-0.2, 0) is 24.7 Å². The van der Waals surface area contributed by atoms with Crippen LogP contribution >= 0.6 is 0 Å². The van der Waals surface area contributed by atoms with Crippen molar-refractivity contribution < 1.29 is 45.6 Å². The Balaban J connectivity index is 0.00000300. The average Bonchev–Trinajstić information content (AvgIpc) is 3.32. The minimum absolute atomic E-state index is 0. The zero-order valence-corrected chi connectivity index (χ0v) is 18.9. The number of carbonyl (C=O) groups excluding carboxylic acids is 2. The minimum atomic E-state index is -1.61. The highest BCUT2D eigenvalue weighted by Crippen LogP contribution is 2.42. The Hall–Kier alpha value is -1.44. The average molecular weight is 470 g/mol. The van der Waals surface area contributed by atoms with Crippen LogP contribution in [0.15, 0.2) is 30.3 Å². The molecule has 0 spiro atoms. The molecule has 1 aromatic carbocycles. The van der Waals surface area contributed by atoms with Crippen molar-refractivity contribution in [2.24, 2.45) is 5.92 Å². The van der Waals surface area contributed by atoms with Crippen LogP contribution < -0.4 is 17.0 Å². The zero-order chi connectivity index (χ0) is 20.2. The van der Waals surface area contributed by atoms with E-state index in [0.717, 1.165) is 32.2 Å². The van der Waals surface area contributed by atoms with Gasteiger partial charge >= 0.3 is 11.9 Å². The van der Waals surface area contributed by atoms with Crippen LogP contribution in [0.1, 0.15) is 44.6 Å². The smallest absolute Gasteiger partial charge is 0.361 e. The fourth-order valence-electron chi connectivity index (χ4n) is 4.69. The van der Waals surface area contributed by atoms with Gasteiger partial charge in [0, 0.05) is 12.3 Å². The number of hydrogen-bond donors (Lipinski definition) is 1. The van der Waals surface area contributed by atoms with Crippen molar-refractivity contribution in [3.63, 3.8) is 0 Å². The van der Waals surface area contributed by atoms with E-state index in [9.17, 15) is 14.7 Å². The number of hydrogen-bond acceptors (Lipinski definition) is 5. The van der Waals surface area contributed by atoms with Crippen LogP contribution in [-0.4, -0.2) is 60.9 Å². The number of quaternary nitrogens is 1. The van der Waals surface area contributed by atoms with Gasteiger partial charge in [0.15, 0.2) is 18.2 Å². The standard InChI is InChI=1S/C22H32NO5.BrH/c1-3-27-20(24)16-23(2)14-13-19(15-23)28-21(25)22(26,18-11-7-8-12-18)17-9-5-4-6-10-17;/h4-6,9-10,18-19,26H,3,7-8,11-16H2,1-2H3;1H/q+1;/p-1/t19-,22?,23?;/m0./s1. The normalized spacial score (nSPS) is 26.4. The molecule has 1 heterocycles. The molecular weight excluding hydrogens is 438 g/mol. The Labute approximate surface area is 183 Å². The predicted molar refractivity (Wildman–Crippen MR) is 104 cm³/mol. The van der Waals surface area contributed by atoms with Crippen LogP contribution in [0.3, 0.4) is 0 Å². The third-order valence-electron chi connectivity index (χ3n) is 6.20. The first-order valence-corrected chi connectivity index (χ1v) is 10.4. The van der Waals surface area contributed by atoms with E-state index in [1.165, 1.54) is 0 Å². The molecule has 1 saturated heterocycles. The van der Waals surface area contributed by atoms with Crippen molar-refractivity contribution in [1.29, 1.82) is 0 Å². The first kappa shape index (κ1) is 23.8. The summed E-state index contributed by atoms with van der Waals surface area (Å²) in [4.78, 5) is 25.0. The summed E-state index contributed by atoms with van der Waals surface area (Å²) in [6.07, 6.45) is 4.06. The first-order chi connectivity index (χ1) is 13.4. The zero-order valence-electron chi connectivity index (χ0n) is 17.3. The third-order valence-corrected chi connectivity index (χ3v) is 6.20. The number of nitrogens with zero attached hydrogens (tertiary/aromatic N) is 1. The second-order valence-electron chi connectivity index (χ2n) is 8.42. The summed E-state index contributed by atoms with van der Waals surface area (Å²) >= 11 is 0. The SMILES string of the molecule is CCOC(=O)C[N+]1(C)CC[C@H](OC(=O)C(O)(c2ccccc2)C2CCCC2)C1.[Br-]. The van der Waals surface area contributed by atoms with E-state index in [4.69, 9.17) is 9.47 Å². The van der Waals surface area contributed by atoms with E-state index in [1.807, 2.05) is 25.2 Å². The summed E-state index contributed by atoms with van der Waals surface area (Å²) in [6.45, 7) is 3.72. The maximum absolute atomic E-state index is 13.2. The van der Waals surface area contributed by atoms with Crippen molar-refractivity contribution >= 4 is 11.9 Å². The lowest BCUT2D eigenvalue weighted by atomic mass is 9.80. The monoisotopic (exact) mass is 469 g/mol. The summed E-state index contributed by atoms with van der Waals surface area (Å²) < 4.78 is 11.4. The van der Waals surface area contributed by atoms with Gasteiger partial charge in [-0.05, 0) is 25.3 Å². The fraction of sp³-hybridized carbons (Fsp3) is 0.636. The number of likely N-dealkylation sites (tertiary alicyclic amines) is 1. The molecule has 0 radical (unpaired) electrons. The molecule has 3 atom stereocenters. The number of likely N-dealkylation sites (N-methyl/N-ethyl adjacent to an activating group) is 1. The van der Waals surface area contributed by atoms with Gasteiger partial charge in [0.1, 0.15) is 6.54 Å². The Morgan fingerprint density at radius 1 is 1.17 bits per heavy atom. The van der Waals surface area contributed by atoms with Gasteiger partial charge in [-0.3, -0.25) is 0 Å². The van der Waals surface area contributed by atoms with Crippen LogP contribution in [0.4, 0.5) is 0 Å². The molecule has 0 amide bonds. The molecule has 1 saturated carbocycles. The third kappa shape index (κ3) is 5.38. The van der Waals surface area contributed by atoms with Crippen molar-refractivity contribution in [3.8, 4) is 0 Å². The van der Waals surface area contributed by atoms with Crippen molar-refractivity contribution in [1.82, 2.24) is 0 Å². The highest BCUT2D eigenvalue weighted by Gasteiger charge is 2.50. The summed E-state index contributed by atoms with van der Waals surface area (Å²) in [5, 5.41) is 11.5. The van der Waals surface area contributed by atoms with Gasteiger partial charge in [-0.1, -0.05) is 43.2 Å². The number of ether oxygens (including phenoxy) is 2. The van der Waals surface area contributed by atoms with Crippen LogP contribution in [0, 0.1) is 5.92 Å². The molecular formula is C22H32BrNO5. The molecule has 1 aliphatic carbocycles. The fourth-order valence-corrected chi connectivity index (χ4v) is 4.69. The lowest BCUT2D eigenvalue weighted by Crippen LogP contribution is -3.00. The Bertz CT molecular complexity index is 694. The summed E-state index contributed by atoms with van der Waals surface area (Å²) in [7, 11) is 1.98. The van der Waals surface area contributed by atoms with Gasteiger partial charge in [-0.25, -0.2) is 9.59 Å². The van der Waals surface area contributed by atoms with Gasteiger partial charge in [-0.15, -0.1) is 0 Å². The molecule has 2 fully saturated rings. The number of rotatable bonds is 7. The maximum Gasteiger partial charge on any atom is 0.361 e.